The molecular formula is C19H18FNO4. The van der Waals surface area contributed by atoms with Crippen molar-refractivity contribution in [3.8, 4) is 29.1 Å². The van der Waals surface area contributed by atoms with E-state index in [4.69, 9.17) is 14.2 Å². The van der Waals surface area contributed by atoms with Gasteiger partial charge < -0.3 is 19.5 Å². The van der Waals surface area contributed by atoms with Gasteiger partial charge in [0.1, 0.15) is 18.1 Å². The van der Waals surface area contributed by atoms with E-state index in [0.717, 1.165) is 0 Å². The van der Waals surface area contributed by atoms with Crippen molar-refractivity contribution in [3.05, 3.63) is 53.8 Å². The maximum atomic E-state index is 13.3. The number of para-hydroxylation sites is 1. The van der Waals surface area contributed by atoms with Gasteiger partial charge in [0.15, 0.2) is 11.6 Å². The van der Waals surface area contributed by atoms with Crippen LogP contribution in [0, 0.1) is 17.7 Å². The number of carbonyl (C=O) groups is 1. The monoisotopic (exact) mass is 343 g/mol. The summed E-state index contributed by atoms with van der Waals surface area (Å²) in [6, 6.07) is 11.0. The molecule has 0 unspecified atom stereocenters. The Morgan fingerprint density at radius 2 is 1.88 bits per heavy atom. The lowest BCUT2D eigenvalue weighted by atomic mass is 10.1. The molecule has 0 heterocycles. The topological polar surface area (TPSA) is 56.8 Å². The van der Waals surface area contributed by atoms with Crippen LogP contribution in [0.5, 0.6) is 17.2 Å². The summed E-state index contributed by atoms with van der Waals surface area (Å²) in [6.45, 7) is 0.164. The van der Waals surface area contributed by atoms with Crippen LogP contribution in [0.2, 0.25) is 0 Å². The Hall–Kier alpha value is -3.20. The van der Waals surface area contributed by atoms with Gasteiger partial charge in [0.05, 0.1) is 26.3 Å². The lowest BCUT2D eigenvalue weighted by Crippen LogP contribution is -2.24. The van der Waals surface area contributed by atoms with Crippen molar-refractivity contribution < 1.29 is 23.4 Å². The Bertz CT molecular complexity index is 795. The average molecular weight is 343 g/mol. The third-order valence-electron chi connectivity index (χ3n) is 3.25. The van der Waals surface area contributed by atoms with Crippen molar-refractivity contribution in [1.29, 1.82) is 0 Å². The molecule has 130 valence electrons. The standard InChI is InChI=1S/C19H18FNO4/c1-23-14-9-10-15(18(13-14)24-2)19(22)21-11-5-6-12-25-17-8-4-3-7-16(17)20/h3-4,7-10,13H,11-12H2,1-2H3,(H,21,22). The van der Waals surface area contributed by atoms with Gasteiger partial charge in [-0.15, -0.1) is 0 Å². The van der Waals surface area contributed by atoms with Crippen molar-refractivity contribution in [2.75, 3.05) is 27.4 Å². The molecule has 0 atom stereocenters. The summed E-state index contributed by atoms with van der Waals surface area (Å²) >= 11 is 0. The first-order chi connectivity index (χ1) is 12.2. The number of hydrogen-bond acceptors (Lipinski definition) is 4. The van der Waals surface area contributed by atoms with Gasteiger partial charge in [0, 0.05) is 6.07 Å². The zero-order chi connectivity index (χ0) is 18.1. The number of hydrogen-bond donors (Lipinski definition) is 1. The number of carbonyl (C=O) groups excluding carboxylic acids is 1. The van der Waals surface area contributed by atoms with E-state index in [-0.39, 0.29) is 24.8 Å². The van der Waals surface area contributed by atoms with Crippen LogP contribution in [-0.2, 0) is 0 Å². The molecule has 0 fully saturated rings. The summed E-state index contributed by atoms with van der Waals surface area (Å²) in [5, 5.41) is 2.66. The van der Waals surface area contributed by atoms with E-state index in [1.54, 1.807) is 30.3 Å². The molecule has 0 saturated heterocycles. The summed E-state index contributed by atoms with van der Waals surface area (Å²) < 4.78 is 28.8. The molecule has 0 aliphatic carbocycles. The lowest BCUT2D eigenvalue weighted by molar-refractivity contribution is 0.0955. The molecular weight excluding hydrogens is 325 g/mol. The highest BCUT2D eigenvalue weighted by molar-refractivity contribution is 5.97. The minimum atomic E-state index is -0.441. The molecule has 2 aromatic carbocycles. The number of rotatable bonds is 6. The summed E-state index contributed by atoms with van der Waals surface area (Å²) in [5.41, 5.74) is 0.382. The molecule has 0 spiro atoms. The van der Waals surface area contributed by atoms with Crippen molar-refractivity contribution >= 4 is 5.91 Å². The van der Waals surface area contributed by atoms with E-state index in [1.165, 1.54) is 26.4 Å². The predicted octanol–water partition coefficient (Wildman–Crippen LogP) is 2.66. The van der Waals surface area contributed by atoms with Crippen LogP contribution < -0.4 is 19.5 Å². The quantitative estimate of drug-likeness (QED) is 0.820. The van der Waals surface area contributed by atoms with Crippen molar-refractivity contribution in [1.82, 2.24) is 5.32 Å². The van der Waals surface area contributed by atoms with Crippen LogP contribution in [-0.4, -0.2) is 33.3 Å². The van der Waals surface area contributed by atoms with Gasteiger partial charge in [-0.3, -0.25) is 4.79 Å². The Kier molecular flexibility index (Phi) is 6.66. The zero-order valence-electron chi connectivity index (χ0n) is 14.0. The number of ether oxygens (including phenoxy) is 3. The van der Waals surface area contributed by atoms with Crippen LogP contribution in [0.15, 0.2) is 42.5 Å². The maximum Gasteiger partial charge on any atom is 0.255 e. The van der Waals surface area contributed by atoms with Crippen molar-refractivity contribution in [2.45, 2.75) is 0 Å². The van der Waals surface area contributed by atoms with E-state index in [0.29, 0.717) is 17.1 Å². The van der Waals surface area contributed by atoms with Crippen molar-refractivity contribution in [2.24, 2.45) is 0 Å². The van der Waals surface area contributed by atoms with E-state index >= 15 is 0 Å². The smallest absolute Gasteiger partial charge is 0.255 e. The number of nitrogens with one attached hydrogen (secondary N) is 1. The molecule has 0 aliphatic rings. The molecule has 5 nitrogen and oxygen atoms in total. The fourth-order valence-corrected chi connectivity index (χ4v) is 1.99. The van der Waals surface area contributed by atoms with E-state index in [1.807, 2.05) is 0 Å². The highest BCUT2D eigenvalue weighted by Gasteiger charge is 2.12. The summed E-state index contributed by atoms with van der Waals surface area (Å²) in [5.74, 6) is 5.84. The van der Waals surface area contributed by atoms with Gasteiger partial charge in [-0.2, -0.15) is 0 Å². The maximum absolute atomic E-state index is 13.3. The number of halogens is 1. The molecule has 0 aliphatic heterocycles. The van der Waals surface area contributed by atoms with Gasteiger partial charge in [0.25, 0.3) is 5.91 Å². The molecule has 2 rings (SSSR count). The summed E-state index contributed by atoms with van der Waals surface area (Å²) in [6.07, 6.45) is 0. The fourth-order valence-electron chi connectivity index (χ4n) is 1.99. The van der Waals surface area contributed by atoms with Crippen molar-refractivity contribution in [3.63, 3.8) is 0 Å². The molecule has 1 amide bonds. The Labute approximate surface area is 145 Å². The fraction of sp³-hybridized carbons (Fsp3) is 0.211. The minimum Gasteiger partial charge on any atom is -0.497 e. The van der Waals surface area contributed by atoms with Crippen LogP contribution in [0.25, 0.3) is 0 Å². The molecule has 0 aromatic heterocycles. The van der Waals surface area contributed by atoms with E-state index in [9.17, 15) is 9.18 Å². The van der Waals surface area contributed by atoms with Gasteiger partial charge >= 0.3 is 0 Å². The van der Waals surface area contributed by atoms with Gasteiger partial charge in [0.2, 0.25) is 0 Å². The van der Waals surface area contributed by atoms with E-state index < -0.39 is 5.82 Å². The molecule has 6 heteroatoms. The highest BCUT2D eigenvalue weighted by Crippen LogP contribution is 2.24. The number of benzene rings is 2. The number of methoxy groups -OCH3 is 2. The lowest BCUT2D eigenvalue weighted by Gasteiger charge is -2.09. The predicted molar refractivity (Wildman–Crippen MR) is 91.6 cm³/mol. The Balaban J connectivity index is 1.84. The SMILES string of the molecule is COc1ccc(C(=O)NCC#CCOc2ccccc2F)c(OC)c1. The van der Waals surface area contributed by atoms with Crippen LogP contribution in [0.1, 0.15) is 10.4 Å². The summed E-state index contributed by atoms with van der Waals surface area (Å²) in [7, 11) is 3.01. The first-order valence-corrected chi connectivity index (χ1v) is 7.49. The van der Waals surface area contributed by atoms with Crippen LogP contribution in [0.4, 0.5) is 4.39 Å². The van der Waals surface area contributed by atoms with Gasteiger partial charge in [-0.05, 0) is 24.3 Å². The van der Waals surface area contributed by atoms with Crippen LogP contribution in [0.3, 0.4) is 0 Å². The first kappa shape index (κ1) is 18.1. The Morgan fingerprint density at radius 3 is 2.60 bits per heavy atom. The van der Waals surface area contributed by atoms with Gasteiger partial charge in [-0.25, -0.2) is 4.39 Å². The second kappa shape index (κ2) is 9.18. The Morgan fingerprint density at radius 1 is 1.08 bits per heavy atom. The molecule has 25 heavy (non-hydrogen) atoms. The zero-order valence-corrected chi connectivity index (χ0v) is 14.0. The molecule has 0 bridgehead atoms. The first-order valence-electron chi connectivity index (χ1n) is 7.49. The minimum absolute atomic E-state index is 0.0304. The second-order valence-corrected chi connectivity index (χ2v) is 4.82. The van der Waals surface area contributed by atoms with Gasteiger partial charge in [-0.1, -0.05) is 24.0 Å². The molecule has 0 saturated carbocycles. The third-order valence-corrected chi connectivity index (χ3v) is 3.25. The second-order valence-electron chi connectivity index (χ2n) is 4.82. The third kappa shape index (κ3) is 5.15. The van der Waals surface area contributed by atoms with E-state index in [2.05, 4.69) is 17.2 Å². The largest absolute Gasteiger partial charge is 0.497 e. The summed E-state index contributed by atoms with van der Waals surface area (Å²) in [4.78, 5) is 12.1. The van der Waals surface area contributed by atoms with Crippen LogP contribution >= 0.6 is 0 Å². The molecule has 0 radical (unpaired) electrons. The normalized spacial score (nSPS) is 9.56. The average Bonchev–Trinajstić information content (AvgIpc) is 2.65. The molecule has 1 N–H and O–H groups in total. The highest BCUT2D eigenvalue weighted by atomic mass is 19.1. The molecule has 2 aromatic rings. The number of amides is 1.